The molecule has 0 saturated heterocycles. The lowest BCUT2D eigenvalue weighted by Crippen LogP contribution is -2.08. The number of hydrogen-bond donors (Lipinski definition) is 1. The number of unbranched alkanes of at least 4 members (excludes halogenated alkanes) is 3. The van der Waals surface area contributed by atoms with Crippen molar-refractivity contribution in [2.24, 2.45) is 7.05 Å². The average Bonchev–Trinajstić information content (AvgIpc) is 2.66. The van der Waals surface area contributed by atoms with Gasteiger partial charge in [-0.05, 0) is 34.8 Å². The van der Waals surface area contributed by atoms with Crippen LogP contribution in [0.5, 0.6) is 0 Å². The van der Waals surface area contributed by atoms with E-state index in [1.807, 2.05) is 11.8 Å². The van der Waals surface area contributed by atoms with Gasteiger partial charge >= 0.3 is 5.82 Å². The molecular formula is C12H22N4O2S. The highest BCUT2D eigenvalue weighted by molar-refractivity contribution is 7.98. The minimum Gasteiger partial charge on any atom is -0.364 e. The van der Waals surface area contributed by atoms with Crippen molar-refractivity contribution in [2.45, 2.75) is 32.6 Å². The molecule has 0 aliphatic heterocycles. The Morgan fingerprint density at radius 2 is 2.05 bits per heavy atom. The Bertz CT molecular complexity index is 420. The van der Waals surface area contributed by atoms with Crippen LogP contribution >= 0.6 is 11.8 Å². The van der Waals surface area contributed by atoms with E-state index in [0.717, 1.165) is 19.4 Å². The number of thioether (sulfide) groups is 1. The van der Waals surface area contributed by atoms with Crippen LogP contribution in [0.25, 0.3) is 0 Å². The molecule has 0 aliphatic carbocycles. The van der Waals surface area contributed by atoms with Crippen LogP contribution in [-0.4, -0.2) is 33.0 Å². The molecule has 1 heterocycles. The molecule has 0 radical (unpaired) electrons. The van der Waals surface area contributed by atoms with E-state index in [0.29, 0.717) is 11.6 Å². The van der Waals surface area contributed by atoms with Crippen molar-refractivity contribution in [1.29, 1.82) is 0 Å². The molecule has 108 valence electrons. The average molecular weight is 286 g/mol. The first-order chi connectivity index (χ1) is 9.07. The molecule has 0 aliphatic rings. The number of imidazole rings is 1. The maximum atomic E-state index is 10.9. The van der Waals surface area contributed by atoms with Crippen LogP contribution < -0.4 is 5.32 Å². The summed E-state index contributed by atoms with van der Waals surface area (Å²) in [5.74, 6) is 2.28. The standard InChI is InChI=1S/C12H22N4O2S/c1-10-14-12(16(17)18)11(15(10)2)13-8-6-4-5-7-9-19-3/h13H,4-9H2,1-3H3. The van der Waals surface area contributed by atoms with Crippen molar-refractivity contribution >= 4 is 23.4 Å². The largest absolute Gasteiger partial charge is 0.406 e. The highest BCUT2D eigenvalue weighted by Crippen LogP contribution is 2.23. The number of aryl methyl sites for hydroxylation is 1. The lowest BCUT2D eigenvalue weighted by molar-refractivity contribution is -0.388. The summed E-state index contributed by atoms with van der Waals surface area (Å²) in [6, 6.07) is 0. The SMILES string of the molecule is CSCCCCCCNc1c([N+](=O)[O-])nc(C)n1C. The zero-order valence-electron chi connectivity index (χ0n) is 11.8. The maximum absolute atomic E-state index is 10.9. The van der Waals surface area contributed by atoms with Gasteiger partial charge in [0, 0.05) is 20.5 Å². The maximum Gasteiger partial charge on any atom is 0.406 e. The van der Waals surface area contributed by atoms with Gasteiger partial charge in [0.25, 0.3) is 0 Å². The lowest BCUT2D eigenvalue weighted by atomic mass is 10.2. The van der Waals surface area contributed by atoms with Gasteiger partial charge in [-0.25, -0.2) is 0 Å². The first kappa shape index (κ1) is 15.8. The third-order valence-electron chi connectivity index (χ3n) is 3.04. The molecule has 0 fully saturated rings. The molecule has 6 nitrogen and oxygen atoms in total. The number of nitrogens with one attached hydrogen (secondary N) is 1. The van der Waals surface area contributed by atoms with Gasteiger partial charge in [0.2, 0.25) is 11.6 Å². The van der Waals surface area contributed by atoms with Gasteiger partial charge in [-0.3, -0.25) is 4.57 Å². The summed E-state index contributed by atoms with van der Waals surface area (Å²) in [6.45, 7) is 2.51. The molecule has 0 saturated carbocycles. The van der Waals surface area contributed by atoms with E-state index in [4.69, 9.17) is 0 Å². The first-order valence-corrected chi connectivity index (χ1v) is 7.87. The molecule has 0 amide bonds. The van der Waals surface area contributed by atoms with E-state index in [-0.39, 0.29) is 5.82 Å². The van der Waals surface area contributed by atoms with Gasteiger partial charge in [-0.2, -0.15) is 11.8 Å². The number of nitrogens with zero attached hydrogens (tertiary/aromatic N) is 3. The molecule has 0 bridgehead atoms. The second kappa shape index (κ2) is 8.04. The van der Waals surface area contributed by atoms with Gasteiger partial charge in [0.05, 0.1) is 0 Å². The van der Waals surface area contributed by atoms with Crippen molar-refractivity contribution in [2.75, 3.05) is 23.9 Å². The smallest absolute Gasteiger partial charge is 0.364 e. The van der Waals surface area contributed by atoms with Crippen molar-refractivity contribution in [3.63, 3.8) is 0 Å². The van der Waals surface area contributed by atoms with Crippen LogP contribution in [0.2, 0.25) is 0 Å². The summed E-state index contributed by atoms with van der Waals surface area (Å²) in [6.07, 6.45) is 6.75. The third-order valence-corrected chi connectivity index (χ3v) is 3.74. The predicted molar refractivity (Wildman–Crippen MR) is 79.9 cm³/mol. The fourth-order valence-electron chi connectivity index (χ4n) is 1.85. The van der Waals surface area contributed by atoms with Crippen LogP contribution in [0, 0.1) is 17.0 Å². The van der Waals surface area contributed by atoms with Gasteiger partial charge in [0.15, 0.2) is 0 Å². The normalized spacial score (nSPS) is 10.7. The summed E-state index contributed by atoms with van der Waals surface area (Å²) in [5.41, 5.74) is 0. The van der Waals surface area contributed by atoms with Gasteiger partial charge < -0.3 is 15.4 Å². The van der Waals surface area contributed by atoms with E-state index >= 15 is 0 Å². The quantitative estimate of drug-likeness (QED) is 0.429. The minimum absolute atomic E-state index is 0.0811. The third kappa shape index (κ3) is 4.74. The molecule has 1 aromatic rings. The van der Waals surface area contributed by atoms with Gasteiger partial charge in [0.1, 0.15) is 0 Å². The Labute approximate surface area is 118 Å². The number of nitro groups is 1. The lowest BCUT2D eigenvalue weighted by Gasteiger charge is -2.06. The van der Waals surface area contributed by atoms with E-state index in [2.05, 4.69) is 16.6 Å². The van der Waals surface area contributed by atoms with Crippen LogP contribution in [-0.2, 0) is 7.05 Å². The molecule has 7 heteroatoms. The van der Waals surface area contributed by atoms with E-state index < -0.39 is 4.92 Å². The summed E-state index contributed by atoms with van der Waals surface area (Å²) in [4.78, 5) is 14.4. The highest BCUT2D eigenvalue weighted by Gasteiger charge is 2.22. The summed E-state index contributed by atoms with van der Waals surface area (Å²) in [7, 11) is 1.79. The molecule has 1 aromatic heterocycles. The van der Waals surface area contributed by atoms with Gasteiger partial charge in [-0.1, -0.05) is 12.8 Å². The number of aromatic nitrogens is 2. The first-order valence-electron chi connectivity index (χ1n) is 6.48. The van der Waals surface area contributed by atoms with E-state index in [1.165, 1.54) is 18.6 Å². The zero-order chi connectivity index (χ0) is 14.3. The van der Waals surface area contributed by atoms with Crippen LogP contribution in [0.4, 0.5) is 11.6 Å². The van der Waals surface area contributed by atoms with Gasteiger partial charge in [-0.15, -0.1) is 0 Å². The van der Waals surface area contributed by atoms with Crippen molar-refractivity contribution in [1.82, 2.24) is 9.55 Å². The topological polar surface area (TPSA) is 73.0 Å². The Morgan fingerprint density at radius 1 is 1.37 bits per heavy atom. The highest BCUT2D eigenvalue weighted by atomic mass is 32.2. The fraction of sp³-hybridized carbons (Fsp3) is 0.750. The number of hydrogen-bond acceptors (Lipinski definition) is 5. The predicted octanol–water partition coefficient (Wildman–Crippen LogP) is 2.97. The van der Waals surface area contributed by atoms with E-state index in [1.54, 1.807) is 18.5 Å². The monoisotopic (exact) mass is 286 g/mol. The van der Waals surface area contributed by atoms with E-state index in [9.17, 15) is 10.1 Å². The summed E-state index contributed by atoms with van der Waals surface area (Å²) >= 11 is 1.87. The van der Waals surface area contributed by atoms with Crippen molar-refractivity contribution < 1.29 is 4.92 Å². The zero-order valence-corrected chi connectivity index (χ0v) is 12.6. The summed E-state index contributed by atoms with van der Waals surface area (Å²) in [5, 5.41) is 14.0. The molecule has 1 N–H and O–H groups in total. The van der Waals surface area contributed by atoms with Crippen LogP contribution in [0.3, 0.4) is 0 Å². The molecule has 0 spiro atoms. The second-order valence-corrected chi connectivity index (χ2v) is 5.47. The minimum atomic E-state index is -0.437. The fourth-order valence-corrected chi connectivity index (χ4v) is 2.34. The Morgan fingerprint density at radius 3 is 2.68 bits per heavy atom. The van der Waals surface area contributed by atoms with Crippen molar-refractivity contribution in [3.05, 3.63) is 15.9 Å². The molecule has 1 rings (SSSR count). The Kier molecular flexibility index (Phi) is 6.69. The van der Waals surface area contributed by atoms with Crippen LogP contribution in [0.1, 0.15) is 31.5 Å². The second-order valence-electron chi connectivity index (χ2n) is 4.48. The molecule has 0 atom stereocenters. The Hall–Kier alpha value is -1.24. The molecule has 19 heavy (non-hydrogen) atoms. The van der Waals surface area contributed by atoms with Crippen molar-refractivity contribution in [3.8, 4) is 0 Å². The number of rotatable bonds is 9. The molecule has 0 unspecified atom stereocenters. The number of anilines is 1. The van der Waals surface area contributed by atoms with Crippen LogP contribution in [0.15, 0.2) is 0 Å². The Balaban J connectivity index is 2.38. The molecule has 0 aromatic carbocycles. The summed E-state index contributed by atoms with van der Waals surface area (Å²) < 4.78 is 1.73. The molecular weight excluding hydrogens is 264 g/mol.